The topological polar surface area (TPSA) is 112 Å². The van der Waals surface area contributed by atoms with Gasteiger partial charge in [0.25, 0.3) is 5.91 Å². The maximum Gasteiger partial charge on any atom is 0.255 e. The van der Waals surface area contributed by atoms with Gasteiger partial charge in [-0.1, -0.05) is 30.3 Å². The van der Waals surface area contributed by atoms with E-state index >= 15 is 0 Å². The summed E-state index contributed by atoms with van der Waals surface area (Å²) in [6.07, 6.45) is 1.68. The van der Waals surface area contributed by atoms with Crippen LogP contribution in [0.5, 0.6) is 17.2 Å². The number of carbonyl (C=O) groups excluding carboxylic acids is 2. The molecule has 0 atom stereocenters. The lowest BCUT2D eigenvalue weighted by molar-refractivity contribution is -0.121. The molecule has 0 unspecified atom stereocenters. The lowest BCUT2D eigenvalue weighted by Crippen LogP contribution is -2.20. The second-order valence-corrected chi connectivity index (χ2v) is 5.47. The molecule has 2 aromatic rings. The Morgan fingerprint density at radius 2 is 1.74 bits per heavy atom. The van der Waals surface area contributed by atoms with Crippen molar-refractivity contribution in [3.05, 3.63) is 53.6 Å². The van der Waals surface area contributed by atoms with Gasteiger partial charge in [-0.2, -0.15) is 5.10 Å². The van der Waals surface area contributed by atoms with Crippen LogP contribution in [0.4, 0.5) is 0 Å². The van der Waals surface area contributed by atoms with Crippen LogP contribution in [0.2, 0.25) is 0 Å². The van der Waals surface area contributed by atoms with Crippen molar-refractivity contribution in [3.8, 4) is 17.2 Å². The van der Waals surface area contributed by atoms with Crippen LogP contribution in [0, 0.1) is 0 Å². The predicted molar refractivity (Wildman–Crippen MR) is 100 cm³/mol. The second kappa shape index (κ2) is 9.81. The Morgan fingerprint density at radius 1 is 1.11 bits per heavy atom. The Balaban J connectivity index is 2.07. The fourth-order valence-electron chi connectivity index (χ4n) is 2.26. The fraction of sp³-hybridized carbons (Fsp3) is 0.211. The number of carbonyl (C=O) groups is 2. The van der Waals surface area contributed by atoms with E-state index in [2.05, 4.69) is 10.5 Å². The molecule has 0 radical (unpaired) electrons. The summed E-state index contributed by atoms with van der Waals surface area (Å²) in [5, 5.41) is 3.94. The largest absolute Gasteiger partial charge is 0.493 e. The van der Waals surface area contributed by atoms with Crippen LogP contribution in [-0.4, -0.2) is 38.9 Å². The van der Waals surface area contributed by atoms with E-state index in [1.807, 2.05) is 30.3 Å². The van der Waals surface area contributed by atoms with Crippen molar-refractivity contribution < 1.29 is 23.8 Å². The zero-order chi connectivity index (χ0) is 19.6. The number of hydrogen-bond acceptors (Lipinski definition) is 6. The monoisotopic (exact) mass is 371 g/mol. The van der Waals surface area contributed by atoms with Gasteiger partial charge in [-0.3, -0.25) is 9.59 Å². The lowest BCUT2D eigenvalue weighted by atomic mass is 10.1. The first kappa shape index (κ1) is 19.8. The van der Waals surface area contributed by atoms with Gasteiger partial charge in [0.15, 0.2) is 18.1 Å². The van der Waals surface area contributed by atoms with Crippen molar-refractivity contribution in [1.29, 1.82) is 0 Å². The molecule has 0 aliphatic heterocycles. The van der Waals surface area contributed by atoms with Gasteiger partial charge in [0.2, 0.25) is 11.7 Å². The highest BCUT2D eigenvalue weighted by Gasteiger charge is 2.14. The maximum absolute atomic E-state index is 11.9. The summed E-state index contributed by atoms with van der Waals surface area (Å²) in [5.74, 6) is 0.0769. The first-order valence-electron chi connectivity index (χ1n) is 8.06. The van der Waals surface area contributed by atoms with Gasteiger partial charge < -0.3 is 19.9 Å². The Labute approximate surface area is 156 Å². The molecule has 8 nitrogen and oxygen atoms in total. The lowest BCUT2D eigenvalue weighted by Gasteiger charge is -2.14. The SMILES string of the molecule is COc1cc(C=NNC(=O)Cc2ccccc2)cc(OC)c1OCC(N)=O. The number of rotatable bonds is 9. The molecule has 0 spiro atoms. The molecule has 0 saturated heterocycles. The molecular formula is C19H21N3O5. The molecule has 0 fully saturated rings. The van der Waals surface area contributed by atoms with Crippen LogP contribution in [0.1, 0.15) is 11.1 Å². The molecule has 2 aromatic carbocycles. The quantitative estimate of drug-likeness (QED) is 0.509. The number of ether oxygens (including phenoxy) is 3. The van der Waals surface area contributed by atoms with Gasteiger partial charge in [0.05, 0.1) is 26.9 Å². The number of amides is 2. The normalized spacial score (nSPS) is 10.4. The number of nitrogens with two attached hydrogens (primary N) is 1. The van der Waals surface area contributed by atoms with E-state index in [0.717, 1.165) is 5.56 Å². The highest BCUT2D eigenvalue weighted by Crippen LogP contribution is 2.38. The highest BCUT2D eigenvalue weighted by molar-refractivity contribution is 5.85. The average Bonchev–Trinajstić information content (AvgIpc) is 2.66. The first-order chi connectivity index (χ1) is 13.0. The van der Waals surface area contributed by atoms with Gasteiger partial charge in [0.1, 0.15) is 0 Å². The Morgan fingerprint density at radius 3 is 2.30 bits per heavy atom. The number of methoxy groups -OCH3 is 2. The first-order valence-corrected chi connectivity index (χ1v) is 8.06. The molecule has 0 saturated carbocycles. The molecule has 2 amide bonds. The minimum Gasteiger partial charge on any atom is -0.493 e. The molecular weight excluding hydrogens is 350 g/mol. The molecule has 0 aliphatic rings. The van der Waals surface area contributed by atoms with Crippen LogP contribution in [0.15, 0.2) is 47.6 Å². The molecule has 142 valence electrons. The van der Waals surface area contributed by atoms with Crippen molar-refractivity contribution in [2.45, 2.75) is 6.42 Å². The molecule has 0 aliphatic carbocycles. The van der Waals surface area contributed by atoms with Crippen molar-refractivity contribution in [1.82, 2.24) is 5.43 Å². The Bertz CT molecular complexity index is 796. The third kappa shape index (κ3) is 6.03. The third-order valence-electron chi connectivity index (χ3n) is 3.45. The van der Waals surface area contributed by atoms with Gasteiger partial charge in [-0.05, 0) is 17.7 Å². The van der Waals surface area contributed by atoms with E-state index in [0.29, 0.717) is 17.1 Å². The van der Waals surface area contributed by atoms with E-state index in [1.165, 1.54) is 20.4 Å². The Kier molecular flexibility index (Phi) is 7.18. The average molecular weight is 371 g/mol. The summed E-state index contributed by atoms with van der Waals surface area (Å²) in [6.45, 7) is -0.310. The van der Waals surface area contributed by atoms with Crippen molar-refractivity contribution in [2.75, 3.05) is 20.8 Å². The molecule has 27 heavy (non-hydrogen) atoms. The van der Waals surface area contributed by atoms with Crippen molar-refractivity contribution in [3.63, 3.8) is 0 Å². The van der Waals surface area contributed by atoms with Gasteiger partial charge in [0, 0.05) is 5.56 Å². The molecule has 2 rings (SSSR count). The summed E-state index contributed by atoms with van der Waals surface area (Å²) in [7, 11) is 2.91. The van der Waals surface area contributed by atoms with E-state index in [4.69, 9.17) is 19.9 Å². The summed E-state index contributed by atoms with van der Waals surface area (Å²) in [5.41, 5.74) is 9.06. The Hall–Kier alpha value is -3.55. The van der Waals surface area contributed by atoms with Crippen molar-refractivity contribution >= 4 is 18.0 Å². The minimum atomic E-state index is -0.620. The predicted octanol–water partition coefficient (Wildman–Crippen LogP) is 1.26. The zero-order valence-electron chi connectivity index (χ0n) is 15.1. The summed E-state index contributed by atoms with van der Waals surface area (Å²) in [6, 6.07) is 12.6. The third-order valence-corrected chi connectivity index (χ3v) is 3.45. The number of nitrogens with zero attached hydrogens (tertiary/aromatic N) is 1. The molecule has 0 aromatic heterocycles. The second-order valence-electron chi connectivity index (χ2n) is 5.47. The molecule has 3 N–H and O–H groups in total. The summed E-state index contributed by atoms with van der Waals surface area (Å²) >= 11 is 0. The number of primary amides is 1. The number of benzene rings is 2. The molecule has 0 heterocycles. The van der Waals surface area contributed by atoms with E-state index in [-0.39, 0.29) is 24.7 Å². The summed E-state index contributed by atoms with van der Waals surface area (Å²) in [4.78, 5) is 22.8. The number of hydrazone groups is 1. The minimum absolute atomic E-state index is 0.227. The van der Waals surface area contributed by atoms with E-state index in [1.54, 1.807) is 12.1 Å². The van der Waals surface area contributed by atoms with E-state index in [9.17, 15) is 9.59 Å². The van der Waals surface area contributed by atoms with Gasteiger partial charge >= 0.3 is 0 Å². The van der Waals surface area contributed by atoms with Gasteiger partial charge in [-0.15, -0.1) is 0 Å². The van der Waals surface area contributed by atoms with Crippen molar-refractivity contribution in [2.24, 2.45) is 10.8 Å². The van der Waals surface area contributed by atoms with Gasteiger partial charge in [-0.25, -0.2) is 5.43 Å². The number of nitrogens with one attached hydrogen (secondary N) is 1. The standard InChI is InChI=1S/C19H21N3O5/c1-25-15-8-14(9-16(26-2)19(15)27-12-17(20)23)11-21-22-18(24)10-13-6-4-3-5-7-13/h3-9,11H,10,12H2,1-2H3,(H2,20,23)(H,22,24). The highest BCUT2D eigenvalue weighted by atomic mass is 16.5. The molecule has 8 heteroatoms. The molecule has 0 bridgehead atoms. The zero-order valence-corrected chi connectivity index (χ0v) is 15.1. The summed E-state index contributed by atoms with van der Waals surface area (Å²) < 4.78 is 15.9. The fourth-order valence-corrected chi connectivity index (χ4v) is 2.26. The number of hydrogen-bond donors (Lipinski definition) is 2. The van der Waals surface area contributed by atoms with Crippen LogP contribution in [0.25, 0.3) is 0 Å². The maximum atomic E-state index is 11.9. The van der Waals surface area contributed by atoms with Crippen LogP contribution >= 0.6 is 0 Å². The van der Waals surface area contributed by atoms with Crippen LogP contribution in [-0.2, 0) is 16.0 Å². The smallest absolute Gasteiger partial charge is 0.255 e. The van der Waals surface area contributed by atoms with E-state index < -0.39 is 5.91 Å². The van der Waals surface area contributed by atoms with Crippen LogP contribution in [0.3, 0.4) is 0 Å². The van der Waals surface area contributed by atoms with Crippen LogP contribution < -0.4 is 25.4 Å².